The summed E-state index contributed by atoms with van der Waals surface area (Å²) in [5, 5.41) is 8.71. The standard InChI is InChI=1S/C7H12O/c1-3-4-5-6-7(2)8/h1,7-8H,4-6H2,2H3/t7-/m0/s1. The highest BCUT2D eigenvalue weighted by Crippen LogP contribution is 1.97. The van der Waals surface area contributed by atoms with Crippen LogP contribution in [-0.2, 0) is 0 Å². The van der Waals surface area contributed by atoms with Gasteiger partial charge in [0.15, 0.2) is 0 Å². The second-order valence-corrected chi connectivity index (χ2v) is 1.95. The maximum atomic E-state index is 8.71. The van der Waals surface area contributed by atoms with Gasteiger partial charge in [0.05, 0.1) is 6.10 Å². The van der Waals surface area contributed by atoms with Crippen LogP contribution < -0.4 is 0 Å². The third kappa shape index (κ3) is 5.52. The van der Waals surface area contributed by atoms with Crippen molar-refractivity contribution in [2.75, 3.05) is 0 Å². The van der Waals surface area contributed by atoms with E-state index in [4.69, 9.17) is 11.5 Å². The Balaban J connectivity index is 2.85. The van der Waals surface area contributed by atoms with Crippen LogP contribution in [0.3, 0.4) is 0 Å². The molecular formula is C7H12O. The molecule has 0 aliphatic heterocycles. The molecule has 0 rings (SSSR count). The number of hydrogen-bond acceptors (Lipinski definition) is 1. The highest BCUT2D eigenvalue weighted by molar-refractivity contribution is 4.82. The van der Waals surface area contributed by atoms with E-state index in [9.17, 15) is 0 Å². The average molecular weight is 112 g/mol. The third-order valence-electron chi connectivity index (χ3n) is 0.943. The summed E-state index contributed by atoms with van der Waals surface area (Å²) in [6, 6.07) is 0. The Morgan fingerprint density at radius 3 is 2.75 bits per heavy atom. The SMILES string of the molecule is C#CCCC[C@H](C)O. The number of rotatable bonds is 3. The van der Waals surface area contributed by atoms with Gasteiger partial charge in [0.25, 0.3) is 0 Å². The van der Waals surface area contributed by atoms with Gasteiger partial charge in [-0.1, -0.05) is 0 Å². The molecule has 1 atom stereocenters. The third-order valence-corrected chi connectivity index (χ3v) is 0.943. The Kier molecular flexibility index (Phi) is 4.39. The monoisotopic (exact) mass is 112 g/mol. The van der Waals surface area contributed by atoms with E-state index in [0.717, 1.165) is 19.3 Å². The maximum Gasteiger partial charge on any atom is 0.0512 e. The Morgan fingerprint density at radius 1 is 1.75 bits per heavy atom. The Hall–Kier alpha value is -0.480. The number of terminal acetylenes is 1. The zero-order valence-electron chi connectivity index (χ0n) is 5.22. The largest absolute Gasteiger partial charge is 0.393 e. The predicted molar refractivity (Wildman–Crippen MR) is 34.4 cm³/mol. The molecule has 1 heteroatoms. The fraction of sp³-hybridized carbons (Fsp3) is 0.714. The molecule has 8 heavy (non-hydrogen) atoms. The van der Waals surface area contributed by atoms with E-state index in [0.29, 0.717) is 0 Å². The first-order chi connectivity index (χ1) is 3.77. The van der Waals surface area contributed by atoms with E-state index < -0.39 is 0 Å². The van der Waals surface area contributed by atoms with Gasteiger partial charge in [-0.15, -0.1) is 12.3 Å². The molecule has 0 aromatic rings. The lowest BCUT2D eigenvalue weighted by Crippen LogP contribution is -1.97. The van der Waals surface area contributed by atoms with Crippen LogP contribution in [0.1, 0.15) is 26.2 Å². The molecule has 0 saturated carbocycles. The van der Waals surface area contributed by atoms with Crippen molar-refractivity contribution in [1.29, 1.82) is 0 Å². The smallest absolute Gasteiger partial charge is 0.0512 e. The number of hydrogen-bond donors (Lipinski definition) is 1. The fourth-order valence-corrected chi connectivity index (χ4v) is 0.500. The molecule has 0 spiro atoms. The molecule has 0 radical (unpaired) electrons. The average Bonchev–Trinajstić information content (AvgIpc) is 1.66. The van der Waals surface area contributed by atoms with Gasteiger partial charge in [-0.05, 0) is 19.8 Å². The van der Waals surface area contributed by atoms with Gasteiger partial charge < -0.3 is 5.11 Å². The Labute approximate surface area is 50.7 Å². The van der Waals surface area contributed by atoms with E-state index >= 15 is 0 Å². The van der Waals surface area contributed by atoms with Crippen molar-refractivity contribution in [2.45, 2.75) is 32.3 Å². The molecular weight excluding hydrogens is 100 g/mol. The van der Waals surface area contributed by atoms with Crippen molar-refractivity contribution < 1.29 is 5.11 Å². The highest BCUT2D eigenvalue weighted by atomic mass is 16.3. The van der Waals surface area contributed by atoms with Crippen LogP contribution in [0.5, 0.6) is 0 Å². The molecule has 0 aliphatic rings. The maximum absolute atomic E-state index is 8.71. The van der Waals surface area contributed by atoms with E-state index in [-0.39, 0.29) is 6.10 Å². The normalized spacial score (nSPS) is 12.6. The highest BCUT2D eigenvalue weighted by Gasteiger charge is 1.91. The summed E-state index contributed by atoms with van der Waals surface area (Å²) in [7, 11) is 0. The summed E-state index contributed by atoms with van der Waals surface area (Å²) >= 11 is 0. The van der Waals surface area contributed by atoms with Gasteiger partial charge in [0, 0.05) is 6.42 Å². The van der Waals surface area contributed by atoms with E-state index in [1.165, 1.54) is 0 Å². The zero-order valence-corrected chi connectivity index (χ0v) is 5.22. The molecule has 0 amide bonds. The van der Waals surface area contributed by atoms with Gasteiger partial charge in [-0.3, -0.25) is 0 Å². The molecule has 0 aliphatic carbocycles. The zero-order chi connectivity index (χ0) is 6.41. The first-order valence-electron chi connectivity index (χ1n) is 2.89. The van der Waals surface area contributed by atoms with Crippen molar-refractivity contribution in [2.24, 2.45) is 0 Å². The van der Waals surface area contributed by atoms with Crippen molar-refractivity contribution in [1.82, 2.24) is 0 Å². The molecule has 0 unspecified atom stereocenters. The molecule has 0 heterocycles. The van der Waals surface area contributed by atoms with Crippen LogP contribution in [0.2, 0.25) is 0 Å². The minimum Gasteiger partial charge on any atom is -0.393 e. The van der Waals surface area contributed by atoms with Gasteiger partial charge in [0.2, 0.25) is 0 Å². The molecule has 0 aromatic carbocycles. The first-order valence-corrected chi connectivity index (χ1v) is 2.89. The lowest BCUT2D eigenvalue weighted by Gasteiger charge is -1.98. The number of aliphatic hydroxyl groups excluding tert-OH is 1. The molecule has 46 valence electrons. The van der Waals surface area contributed by atoms with Crippen LogP contribution in [0.4, 0.5) is 0 Å². The second kappa shape index (κ2) is 4.67. The summed E-state index contributed by atoms with van der Waals surface area (Å²) < 4.78 is 0. The van der Waals surface area contributed by atoms with Crippen LogP contribution in [-0.4, -0.2) is 11.2 Å². The van der Waals surface area contributed by atoms with E-state index in [1.54, 1.807) is 6.92 Å². The second-order valence-electron chi connectivity index (χ2n) is 1.95. The van der Waals surface area contributed by atoms with Crippen molar-refractivity contribution in [3.8, 4) is 12.3 Å². The summed E-state index contributed by atoms with van der Waals surface area (Å²) in [5.74, 6) is 2.51. The van der Waals surface area contributed by atoms with Crippen molar-refractivity contribution in [3.05, 3.63) is 0 Å². The molecule has 1 N–H and O–H groups in total. The van der Waals surface area contributed by atoms with Crippen LogP contribution in [0.25, 0.3) is 0 Å². The fourth-order valence-electron chi connectivity index (χ4n) is 0.500. The molecule has 0 bridgehead atoms. The van der Waals surface area contributed by atoms with Gasteiger partial charge in [-0.25, -0.2) is 0 Å². The lowest BCUT2D eigenvalue weighted by molar-refractivity contribution is 0.182. The van der Waals surface area contributed by atoms with E-state index in [1.807, 2.05) is 0 Å². The molecule has 0 aromatic heterocycles. The minimum atomic E-state index is -0.191. The van der Waals surface area contributed by atoms with Gasteiger partial charge in [0.1, 0.15) is 0 Å². The van der Waals surface area contributed by atoms with Gasteiger partial charge in [-0.2, -0.15) is 0 Å². The Morgan fingerprint density at radius 2 is 2.38 bits per heavy atom. The molecule has 0 saturated heterocycles. The van der Waals surface area contributed by atoms with Crippen molar-refractivity contribution in [3.63, 3.8) is 0 Å². The molecule has 1 nitrogen and oxygen atoms in total. The van der Waals surface area contributed by atoms with Crippen LogP contribution >= 0.6 is 0 Å². The van der Waals surface area contributed by atoms with E-state index in [2.05, 4.69) is 5.92 Å². The first kappa shape index (κ1) is 7.52. The summed E-state index contributed by atoms with van der Waals surface area (Å²) in [4.78, 5) is 0. The number of aliphatic hydroxyl groups is 1. The molecule has 0 fully saturated rings. The van der Waals surface area contributed by atoms with Crippen LogP contribution in [0.15, 0.2) is 0 Å². The van der Waals surface area contributed by atoms with Crippen molar-refractivity contribution >= 4 is 0 Å². The summed E-state index contributed by atoms with van der Waals surface area (Å²) in [5.41, 5.74) is 0. The predicted octanol–water partition coefficient (Wildman–Crippen LogP) is 1.17. The summed E-state index contributed by atoms with van der Waals surface area (Å²) in [6.07, 6.45) is 7.34. The summed E-state index contributed by atoms with van der Waals surface area (Å²) in [6.45, 7) is 1.77. The number of unbranched alkanes of at least 4 members (excludes halogenated alkanes) is 1. The lowest BCUT2D eigenvalue weighted by atomic mass is 10.2. The van der Waals surface area contributed by atoms with Crippen LogP contribution in [0, 0.1) is 12.3 Å². The van der Waals surface area contributed by atoms with Gasteiger partial charge >= 0.3 is 0 Å². The quantitative estimate of drug-likeness (QED) is 0.429. The Bertz CT molecular complexity index is 78.9. The topological polar surface area (TPSA) is 20.2 Å². The minimum absolute atomic E-state index is 0.191.